The molecule has 21 heavy (non-hydrogen) atoms. The highest BCUT2D eigenvalue weighted by Gasteiger charge is 2.31. The molecule has 0 aliphatic heterocycles. The van der Waals surface area contributed by atoms with E-state index in [-0.39, 0.29) is 5.75 Å². The molecule has 0 radical (unpaired) electrons. The number of hydrogen-bond donors (Lipinski definition) is 1. The van der Waals surface area contributed by atoms with Crippen molar-refractivity contribution < 1.29 is 17.9 Å². The first-order chi connectivity index (χ1) is 9.73. The van der Waals surface area contributed by atoms with Crippen molar-refractivity contribution in [1.29, 1.82) is 0 Å². The third kappa shape index (κ3) is 5.48. The first kappa shape index (κ1) is 16.0. The molecule has 2 nitrogen and oxygen atoms in total. The molecule has 0 spiro atoms. The van der Waals surface area contributed by atoms with Gasteiger partial charge in [0.15, 0.2) is 0 Å². The minimum absolute atomic E-state index is 0.185. The minimum atomic E-state index is -4.64. The number of benzene rings is 1. The maximum Gasteiger partial charge on any atom is 0.573 e. The number of alkyl halides is 3. The SMILES string of the molecule is CC1(C)CCCC(Nc2ccc(OC(F)(F)F)cc2)CC1. The second-order valence-corrected chi connectivity index (χ2v) is 6.51. The monoisotopic (exact) mass is 301 g/mol. The fraction of sp³-hybridized carbons (Fsp3) is 0.625. The minimum Gasteiger partial charge on any atom is -0.406 e. The fourth-order valence-corrected chi connectivity index (χ4v) is 2.79. The van der Waals surface area contributed by atoms with Gasteiger partial charge in [0.1, 0.15) is 5.75 Å². The van der Waals surface area contributed by atoms with Crippen molar-refractivity contribution in [2.45, 2.75) is 58.4 Å². The average Bonchev–Trinajstić information content (AvgIpc) is 2.52. The van der Waals surface area contributed by atoms with E-state index in [2.05, 4.69) is 23.9 Å². The molecule has 1 aliphatic carbocycles. The van der Waals surface area contributed by atoms with Crippen molar-refractivity contribution >= 4 is 5.69 Å². The van der Waals surface area contributed by atoms with Gasteiger partial charge in [-0.15, -0.1) is 13.2 Å². The quantitative estimate of drug-likeness (QED) is 0.759. The first-order valence-electron chi connectivity index (χ1n) is 7.36. The van der Waals surface area contributed by atoms with Crippen LogP contribution in [0.2, 0.25) is 0 Å². The van der Waals surface area contributed by atoms with E-state index in [1.165, 1.54) is 31.4 Å². The molecule has 1 unspecified atom stereocenters. The van der Waals surface area contributed by atoms with Gasteiger partial charge in [0, 0.05) is 11.7 Å². The second kappa shape index (κ2) is 6.16. The van der Waals surface area contributed by atoms with Crippen molar-refractivity contribution in [2.75, 3.05) is 5.32 Å². The summed E-state index contributed by atoms with van der Waals surface area (Å²) in [5.41, 5.74) is 1.23. The average molecular weight is 301 g/mol. The van der Waals surface area contributed by atoms with Crippen LogP contribution in [0.3, 0.4) is 0 Å². The van der Waals surface area contributed by atoms with Crippen LogP contribution in [0, 0.1) is 5.41 Å². The maximum atomic E-state index is 12.1. The van der Waals surface area contributed by atoms with Gasteiger partial charge in [-0.1, -0.05) is 20.3 Å². The van der Waals surface area contributed by atoms with E-state index in [0.29, 0.717) is 11.5 Å². The van der Waals surface area contributed by atoms with Gasteiger partial charge in [0.2, 0.25) is 0 Å². The van der Waals surface area contributed by atoms with Gasteiger partial charge in [0.05, 0.1) is 0 Å². The van der Waals surface area contributed by atoms with E-state index in [1.54, 1.807) is 12.1 Å². The molecule has 1 saturated carbocycles. The van der Waals surface area contributed by atoms with Crippen LogP contribution in [0.4, 0.5) is 18.9 Å². The lowest BCUT2D eigenvalue weighted by Crippen LogP contribution is -2.19. The van der Waals surface area contributed by atoms with Gasteiger partial charge >= 0.3 is 6.36 Å². The number of rotatable bonds is 3. The third-order valence-electron chi connectivity index (χ3n) is 4.03. The molecule has 1 aromatic rings. The summed E-state index contributed by atoms with van der Waals surface area (Å²) < 4.78 is 40.2. The smallest absolute Gasteiger partial charge is 0.406 e. The summed E-state index contributed by atoms with van der Waals surface area (Å²) in [6.45, 7) is 4.58. The molecule has 1 N–H and O–H groups in total. The zero-order chi connectivity index (χ0) is 15.5. The topological polar surface area (TPSA) is 21.3 Å². The van der Waals surface area contributed by atoms with E-state index in [4.69, 9.17) is 0 Å². The molecular weight excluding hydrogens is 279 g/mol. The number of anilines is 1. The molecule has 1 fully saturated rings. The van der Waals surface area contributed by atoms with Gasteiger partial charge in [-0.3, -0.25) is 0 Å². The Labute approximate surface area is 123 Å². The number of ether oxygens (including phenoxy) is 1. The fourth-order valence-electron chi connectivity index (χ4n) is 2.79. The summed E-state index contributed by atoms with van der Waals surface area (Å²) >= 11 is 0. The van der Waals surface area contributed by atoms with Crippen LogP contribution >= 0.6 is 0 Å². The number of nitrogens with one attached hydrogen (secondary N) is 1. The second-order valence-electron chi connectivity index (χ2n) is 6.51. The van der Waals surface area contributed by atoms with Crippen LogP contribution in [0.15, 0.2) is 24.3 Å². The molecule has 0 aromatic heterocycles. The molecule has 1 aliphatic rings. The number of halogens is 3. The van der Waals surface area contributed by atoms with Crippen molar-refractivity contribution in [3.05, 3.63) is 24.3 Å². The maximum absolute atomic E-state index is 12.1. The highest BCUT2D eigenvalue weighted by molar-refractivity contribution is 5.47. The Balaban J connectivity index is 1.91. The Bertz CT molecular complexity index is 454. The summed E-state index contributed by atoms with van der Waals surface area (Å²) in [7, 11) is 0. The van der Waals surface area contributed by atoms with Crippen molar-refractivity contribution in [3.8, 4) is 5.75 Å². The first-order valence-corrected chi connectivity index (χ1v) is 7.36. The summed E-state index contributed by atoms with van der Waals surface area (Å²) in [5.74, 6) is -0.185. The predicted molar refractivity (Wildman–Crippen MR) is 77.4 cm³/mol. The van der Waals surface area contributed by atoms with E-state index in [1.807, 2.05) is 0 Å². The Hall–Kier alpha value is -1.39. The number of hydrogen-bond acceptors (Lipinski definition) is 2. The summed E-state index contributed by atoms with van der Waals surface area (Å²) in [6.07, 6.45) is 1.13. The molecule has 1 atom stereocenters. The molecule has 5 heteroatoms. The van der Waals surface area contributed by atoms with Gasteiger partial charge in [0.25, 0.3) is 0 Å². The summed E-state index contributed by atoms with van der Waals surface area (Å²) in [4.78, 5) is 0. The van der Waals surface area contributed by atoms with Crippen LogP contribution in [0.1, 0.15) is 46.0 Å². The molecule has 118 valence electrons. The van der Waals surface area contributed by atoms with Crippen molar-refractivity contribution in [3.63, 3.8) is 0 Å². The molecule has 2 rings (SSSR count). The predicted octanol–water partition coefficient (Wildman–Crippen LogP) is 5.36. The molecule has 0 heterocycles. The largest absolute Gasteiger partial charge is 0.573 e. The lowest BCUT2D eigenvalue weighted by Gasteiger charge is -2.22. The van der Waals surface area contributed by atoms with Gasteiger partial charge in [-0.2, -0.15) is 0 Å². The highest BCUT2D eigenvalue weighted by atomic mass is 19.4. The zero-order valence-corrected chi connectivity index (χ0v) is 12.5. The van der Waals surface area contributed by atoms with E-state index in [9.17, 15) is 13.2 Å². The van der Waals surface area contributed by atoms with E-state index < -0.39 is 6.36 Å². The summed E-state index contributed by atoms with van der Waals surface area (Å²) in [6, 6.07) is 6.35. The normalized spacial score (nSPS) is 22.4. The Morgan fingerprint density at radius 3 is 2.38 bits per heavy atom. The van der Waals surface area contributed by atoms with Gasteiger partial charge < -0.3 is 10.1 Å². The van der Waals surface area contributed by atoms with Crippen LogP contribution in [-0.4, -0.2) is 12.4 Å². The van der Waals surface area contributed by atoms with E-state index in [0.717, 1.165) is 18.5 Å². The van der Waals surface area contributed by atoms with Crippen LogP contribution in [-0.2, 0) is 0 Å². The molecule has 0 saturated heterocycles. The third-order valence-corrected chi connectivity index (χ3v) is 4.03. The Morgan fingerprint density at radius 1 is 1.10 bits per heavy atom. The molecule has 0 amide bonds. The van der Waals surface area contributed by atoms with Crippen molar-refractivity contribution in [2.24, 2.45) is 5.41 Å². The van der Waals surface area contributed by atoms with Crippen LogP contribution < -0.4 is 10.1 Å². The van der Waals surface area contributed by atoms with Crippen molar-refractivity contribution in [1.82, 2.24) is 0 Å². The summed E-state index contributed by atoms with van der Waals surface area (Å²) in [5, 5.41) is 3.41. The zero-order valence-electron chi connectivity index (χ0n) is 12.5. The Kier molecular flexibility index (Phi) is 4.69. The highest BCUT2D eigenvalue weighted by Crippen LogP contribution is 2.34. The lowest BCUT2D eigenvalue weighted by atomic mass is 9.85. The standard InChI is InChI=1S/C16H22F3NO/c1-15(2)10-3-4-12(9-11-15)20-13-5-7-14(8-6-13)21-16(17,18)19/h5-8,12,20H,3-4,9-11H2,1-2H3. The van der Waals surface area contributed by atoms with E-state index >= 15 is 0 Å². The van der Waals surface area contributed by atoms with Gasteiger partial charge in [-0.05, 0) is 55.4 Å². The van der Waals surface area contributed by atoms with Crippen LogP contribution in [0.5, 0.6) is 5.75 Å². The van der Waals surface area contributed by atoms with Gasteiger partial charge in [-0.25, -0.2) is 0 Å². The molecule has 1 aromatic carbocycles. The Morgan fingerprint density at radius 2 is 1.76 bits per heavy atom. The lowest BCUT2D eigenvalue weighted by molar-refractivity contribution is -0.274. The molecular formula is C16H22F3NO. The van der Waals surface area contributed by atoms with Crippen LogP contribution in [0.25, 0.3) is 0 Å². The molecule has 0 bridgehead atoms.